The molecule has 0 saturated carbocycles. The monoisotopic (exact) mass is 774 g/mol. The molecule has 0 unspecified atom stereocenters. The maximum atomic E-state index is 11.5. The molecule has 57 heavy (non-hydrogen) atoms. The van der Waals surface area contributed by atoms with Crippen LogP contribution in [0.2, 0.25) is 0 Å². The first-order chi connectivity index (χ1) is 27.6. The molecule has 0 N–H and O–H groups in total. The Hall–Kier alpha value is -6.80. The fraction of sp³-hybridized carbons (Fsp3) is 0.256. The molecule has 0 spiro atoms. The van der Waals surface area contributed by atoms with Crippen molar-refractivity contribution in [3.05, 3.63) is 184 Å². The van der Waals surface area contributed by atoms with E-state index in [2.05, 4.69) is 4.90 Å². The second kappa shape index (κ2) is 23.2. The smallest absolute Gasteiger partial charge is 0.276 e. The fourth-order valence-electron chi connectivity index (χ4n) is 6.18. The van der Waals surface area contributed by atoms with Crippen LogP contribution in [-0.4, -0.2) is 62.2 Å². The molecule has 0 bridgehead atoms. The van der Waals surface area contributed by atoms with Crippen LogP contribution in [0.3, 0.4) is 0 Å². The van der Waals surface area contributed by atoms with Crippen LogP contribution in [0, 0.1) is 40.5 Å². The van der Waals surface area contributed by atoms with Crippen molar-refractivity contribution in [3.63, 3.8) is 0 Å². The minimum Gasteiger partial charge on any atom is -0.374 e. The van der Waals surface area contributed by atoms with Crippen LogP contribution in [0.15, 0.2) is 121 Å². The Balaban J connectivity index is 1.31. The van der Waals surface area contributed by atoms with E-state index in [-0.39, 0.29) is 22.7 Å². The van der Waals surface area contributed by atoms with Crippen LogP contribution in [0.1, 0.15) is 60.8 Å². The average molecular weight is 775 g/mol. The van der Waals surface area contributed by atoms with Gasteiger partial charge in [0.05, 0.1) is 41.9 Å². The Morgan fingerprint density at radius 3 is 1.11 bits per heavy atom. The lowest BCUT2D eigenvalue weighted by Gasteiger charge is -2.19. The van der Waals surface area contributed by atoms with E-state index in [1.54, 1.807) is 97.1 Å². The lowest BCUT2D eigenvalue weighted by molar-refractivity contribution is -0.385. The molecule has 0 aromatic heterocycles. The van der Waals surface area contributed by atoms with Gasteiger partial charge in [-0.15, -0.1) is 0 Å². The van der Waals surface area contributed by atoms with Gasteiger partial charge in [-0.05, 0) is 49.7 Å². The van der Waals surface area contributed by atoms with E-state index in [1.807, 2.05) is 29.3 Å². The SMILES string of the molecule is O=[N+]([O-])c1ccccc1C=CCN(C=Cc1ccccc1[N+](=O)[O-])CCCCCCCCN(CC=Cc1ccccc1[N+](=O)[O-])CC=Cc1ccccc1[N+](=O)[O-]. The van der Waals surface area contributed by atoms with Crippen molar-refractivity contribution in [3.8, 4) is 0 Å². The molecule has 14 nitrogen and oxygen atoms in total. The number of hydrogen-bond donors (Lipinski definition) is 0. The van der Waals surface area contributed by atoms with Crippen LogP contribution in [0.25, 0.3) is 24.3 Å². The van der Waals surface area contributed by atoms with Gasteiger partial charge in [-0.1, -0.05) is 111 Å². The average Bonchev–Trinajstić information content (AvgIpc) is 3.20. The van der Waals surface area contributed by atoms with Gasteiger partial charge >= 0.3 is 0 Å². The summed E-state index contributed by atoms with van der Waals surface area (Å²) < 4.78 is 0. The number of hydrogen-bond acceptors (Lipinski definition) is 10. The van der Waals surface area contributed by atoms with Crippen LogP contribution < -0.4 is 0 Å². The second-order valence-corrected chi connectivity index (χ2v) is 13.2. The molecule has 4 aromatic carbocycles. The summed E-state index contributed by atoms with van der Waals surface area (Å²) in [5, 5.41) is 45.9. The van der Waals surface area contributed by atoms with Crippen LogP contribution in [0.5, 0.6) is 0 Å². The van der Waals surface area contributed by atoms with E-state index < -0.39 is 19.7 Å². The van der Waals surface area contributed by atoms with Crippen LogP contribution in [0.4, 0.5) is 22.7 Å². The van der Waals surface area contributed by atoms with Crippen molar-refractivity contribution < 1.29 is 19.7 Å². The van der Waals surface area contributed by atoms with E-state index in [0.717, 1.165) is 45.1 Å². The summed E-state index contributed by atoms with van der Waals surface area (Å²) in [5.41, 5.74) is 2.11. The number of rotatable bonds is 24. The summed E-state index contributed by atoms with van der Waals surface area (Å²) in [5.74, 6) is 0. The molecule has 4 aromatic rings. The van der Waals surface area contributed by atoms with Crippen molar-refractivity contribution in [2.45, 2.75) is 38.5 Å². The zero-order valence-corrected chi connectivity index (χ0v) is 31.6. The number of benzene rings is 4. The molecule has 0 aliphatic rings. The summed E-state index contributed by atoms with van der Waals surface area (Å²) >= 11 is 0. The first kappa shape index (κ1) is 42.9. The van der Waals surface area contributed by atoms with Gasteiger partial charge in [0.1, 0.15) is 0 Å². The Kier molecular flexibility index (Phi) is 17.5. The van der Waals surface area contributed by atoms with Crippen molar-refractivity contribution in [1.82, 2.24) is 9.80 Å². The zero-order valence-electron chi connectivity index (χ0n) is 31.6. The van der Waals surface area contributed by atoms with E-state index in [1.165, 1.54) is 24.3 Å². The number of unbranched alkanes of at least 4 members (excludes halogenated alkanes) is 5. The van der Waals surface area contributed by atoms with Crippen LogP contribution >= 0.6 is 0 Å². The van der Waals surface area contributed by atoms with E-state index in [0.29, 0.717) is 48.4 Å². The first-order valence-corrected chi connectivity index (χ1v) is 18.7. The molecule has 0 radical (unpaired) electrons. The first-order valence-electron chi connectivity index (χ1n) is 18.7. The van der Waals surface area contributed by atoms with Crippen molar-refractivity contribution >= 4 is 47.1 Å². The summed E-state index contributed by atoms with van der Waals surface area (Å²) in [6.45, 7) is 2.98. The highest BCUT2D eigenvalue weighted by Gasteiger charge is 2.13. The fourth-order valence-corrected chi connectivity index (χ4v) is 6.18. The number of nitrogens with zero attached hydrogens (tertiary/aromatic N) is 6. The van der Waals surface area contributed by atoms with E-state index in [9.17, 15) is 40.5 Å². The summed E-state index contributed by atoms with van der Waals surface area (Å²) in [4.78, 5) is 48.5. The second-order valence-electron chi connectivity index (χ2n) is 13.2. The van der Waals surface area contributed by atoms with Gasteiger partial charge in [0.2, 0.25) is 0 Å². The third-order valence-corrected chi connectivity index (χ3v) is 9.13. The Bertz CT molecular complexity index is 2030. The van der Waals surface area contributed by atoms with E-state index >= 15 is 0 Å². The summed E-state index contributed by atoms with van der Waals surface area (Å²) in [7, 11) is 0. The number of para-hydroxylation sites is 4. The molecule has 0 aliphatic heterocycles. The largest absolute Gasteiger partial charge is 0.374 e. The lowest BCUT2D eigenvalue weighted by Crippen LogP contribution is -2.25. The van der Waals surface area contributed by atoms with Crippen molar-refractivity contribution in [2.24, 2.45) is 0 Å². The molecule has 0 heterocycles. The van der Waals surface area contributed by atoms with Gasteiger partial charge < -0.3 is 4.90 Å². The molecular weight excluding hydrogens is 729 g/mol. The van der Waals surface area contributed by atoms with Gasteiger partial charge in [0.25, 0.3) is 22.7 Å². The Labute approximate surface area is 331 Å². The predicted molar refractivity (Wildman–Crippen MR) is 224 cm³/mol. The maximum Gasteiger partial charge on any atom is 0.276 e. The summed E-state index contributed by atoms with van der Waals surface area (Å²) in [6.07, 6.45) is 20.2. The lowest BCUT2D eigenvalue weighted by atomic mass is 10.1. The zero-order chi connectivity index (χ0) is 40.8. The molecular formula is C43H46N6O8. The molecule has 4 rings (SSSR count). The van der Waals surface area contributed by atoms with Crippen molar-refractivity contribution in [2.75, 3.05) is 32.7 Å². The molecule has 296 valence electrons. The predicted octanol–water partition coefficient (Wildman–Crippen LogP) is 10.4. The van der Waals surface area contributed by atoms with Gasteiger partial charge in [-0.3, -0.25) is 45.4 Å². The topological polar surface area (TPSA) is 179 Å². The van der Waals surface area contributed by atoms with Crippen molar-refractivity contribution in [1.29, 1.82) is 0 Å². The van der Waals surface area contributed by atoms with Gasteiger partial charge in [0.15, 0.2) is 0 Å². The highest BCUT2D eigenvalue weighted by molar-refractivity contribution is 5.63. The van der Waals surface area contributed by atoms with Crippen LogP contribution in [-0.2, 0) is 0 Å². The minimum atomic E-state index is -0.416. The Morgan fingerprint density at radius 2 is 0.719 bits per heavy atom. The van der Waals surface area contributed by atoms with E-state index in [4.69, 9.17) is 0 Å². The molecule has 14 heteroatoms. The van der Waals surface area contributed by atoms with Gasteiger partial charge in [0, 0.05) is 56.6 Å². The normalized spacial score (nSPS) is 11.7. The number of nitro benzene ring substituents is 4. The molecule has 0 fully saturated rings. The third-order valence-electron chi connectivity index (χ3n) is 9.13. The quantitative estimate of drug-likeness (QED) is 0.0378. The van der Waals surface area contributed by atoms with Gasteiger partial charge in [-0.25, -0.2) is 0 Å². The maximum absolute atomic E-state index is 11.5. The highest BCUT2D eigenvalue weighted by atomic mass is 16.6. The molecule has 0 aliphatic carbocycles. The molecule has 0 amide bonds. The standard InChI is InChI=1S/C43H46N6O8/c50-46(51)40-25-9-5-18-36(40)22-15-32-44(33-16-23-37-19-6-10-26-41(37)47(52)53)30-13-3-1-2-4-14-31-45(35-29-39-21-8-12-28-43(39)49(56)57)34-17-24-38-20-7-11-27-42(38)48(54)55/h5-12,15-29,35H,1-4,13-14,30-34H2. The van der Waals surface area contributed by atoms with Gasteiger partial charge in [-0.2, -0.15) is 0 Å². The molecule has 0 atom stereocenters. The summed E-state index contributed by atoms with van der Waals surface area (Å²) in [6, 6.07) is 26.1. The third kappa shape index (κ3) is 14.4. The highest BCUT2D eigenvalue weighted by Crippen LogP contribution is 2.23. The number of nitro groups is 4. The Morgan fingerprint density at radius 1 is 0.404 bits per heavy atom. The molecule has 0 saturated heterocycles. The minimum absolute atomic E-state index is 0.00935.